The number of aromatic nitrogens is 1. The molecule has 0 saturated carbocycles. The second-order valence-electron chi connectivity index (χ2n) is 4.87. The van der Waals surface area contributed by atoms with Crippen LogP contribution in [0, 0.1) is 18.3 Å². The van der Waals surface area contributed by atoms with Crippen LogP contribution in [0.4, 0.5) is 17.1 Å². The molecular formula is C17H14N4. The molecule has 0 aliphatic carbocycles. The first-order chi connectivity index (χ1) is 10.2. The summed E-state index contributed by atoms with van der Waals surface area (Å²) >= 11 is 0. The largest absolute Gasteiger partial charge is 0.399 e. The monoisotopic (exact) mass is 274 g/mol. The average molecular weight is 274 g/mol. The first kappa shape index (κ1) is 12.9. The van der Waals surface area contributed by atoms with E-state index in [9.17, 15) is 5.26 Å². The number of pyridine rings is 1. The van der Waals surface area contributed by atoms with Crippen LogP contribution in [0.15, 0.2) is 48.5 Å². The fraction of sp³-hybridized carbons (Fsp3) is 0.0588. The minimum Gasteiger partial charge on any atom is -0.399 e. The summed E-state index contributed by atoms with van der Waals surface area (Å²) in [5.41, 5.74) is 10.6. The van der Waals surface area contributed by atoms with Crippen LogP contribution in [0.3, 0.4) is 0 Å². The Balaban J connectivity index is 2.16. The van der Waals surface area contributed by atoms with E-state index in [4.69, 9.17) is 5.73 Å². The van der Waals surface area contributed by atoms with Crippen molar-refractivity contribution in [1.82, 2.24) is 4.98 Å². The minimum absolute atomic E-state index is 0.601. The van der Waals surface area contributed by atoms with E-state index < -0.39 is 0 Å². The van der Waals surface area contributed by atoms with Crippen LogP contribution in [0.1, 0.15) is 11.3 Å². The zero-order valence-corrected chi connectivity index (χ0v) is 11.6. The first-order valence-corrected chi connectivity index (χ1v) is 6.60. The number of nitriles is 1. The lowest BCUT2D eigenvalue weighted by molar-refractivity contribution is 1.25. The Hall–Kier alpha value is -3.06. The smallest absolute Gasteiger partial charge is 0.101 e. The van der Waals surface area contributed by atoms with Gasteiger partial charge < -0.3 is 11.1 Å². The second kappa shape index (κ2) is 5.14. The van der Waals surface area contributed by atoms with Crippen LogP contribution in [0.2, 0.25) is 0 Å². The van der Waals surface area contributed by atoms with Crippen LogP contribution in [-0.4, -0.2) is 4.98 Å². The van der Waals surface area contributed by atoms with Crippen molar-refractivity contribution in [2.45, 2.75) is 6.92 Å². The molecule has 0 unspecified atom stereocenters. The zero-order valence-electron chi connectivity index (χ0n) is 11.6. The molecule has 21 heavy (non-hydrogen) atoms. The van der Waals surface area contributed by atoms with E-state index in [0.717, 1.165) is 28.0 Å². The number of hydrogen-bond donors (Lipinski definition) is 2. The van der Waals surface area contributed by atoms with E-state index in [-0.39, 0.29) is 0 Å². The van der Waals surface area contributed by atoms with Gasteiger partial charge in [-0.1, -0.05) is 12.1 Å². The average Bonchev–Trinajstić information content (AvgIpc) is 2.48. The number of nitrogens with one attached hydrogen (secondary N) is 1. The first-order valence-electron chi connectivity index (χ1n) is 6.60. The van der Waals surface area contributed by atoms with Crippen LogP contribution in [-0.2, 0) is 0 Å². The molecule has 0 fully saturated rings. The van der Waals surface area contributed by atoms with Crippen molar-refractivity contribution in [3.05, 3.63) is 59.8 Å². The van der Waals surface area contributed by atoms with E-state index in [1.807, 2.05) is 49.4 Å². The third kappa shape index (κ3) is 2.49. The highest BCUT2D eigenvalue weighted by atomic mass is 14.9. The number of nitrogen functional groups attached to an aromatic ring is 1. The summed E-state index contributed by atoms with van der Waals surface area (Å²) in [4.78, 5) is 4.50. The maximum Gasteiger partial charge on any atom is 0.101 e. The molecule has 4 nitrogen and oxygen atoms in total. The molecule has 0 radical (unpaired) electrons. The predicted octanol–water partition coefficient (Wildman–Crippen LogP) is 3.74. The molecule has 0 saturated heterocycles. The number of benzene rings is 2. The van der Waals surface area contributed by atoms with E-state index >= 15 is 0 Å². The molecule has 0 aliphatic heterocycles. The molecule has 0 spiro atoms. The predicted molar refractivity (Wildman–Crippen MR) is 85.3 cm³/mol. The fourth-order valence-electron chi connectivity index (χ4n) is 2.31. The van der Waals surface area contributed by atoms with Gasteiger partial charge in [0.1, 0.15) is 6.07 Å². The van der Waals surface area contributed by atoms with Crippen molar-refractivity contribution in [2.24, 2.45) is 0 Å². The van der Waals surface area contributed by atoms with Crippen LogP contribution < -0.4 is 11.1 Å². The van der Waals surface area contributed by atoms with Gasteiger partial charge in [0, 0.05) is 22.5 Å². The second-order valence-corrected chi connectivity index (χ2v) is 4.87. The lowest BCUT2D eigenvalue weighted by Gasteiger charge is -2.12. The molecule has 3 rings (SSSR count). The molecule has 1 heterocycles. The van der Waals surface area contributed by atoms with E-state index in [1.165, 1.54) is 0 Å². The minimum atomic E-state index is 0.601. The molecular weight excluding hydrogens is 260 g/mol. The van der Waals surface area contributed by atoms with Crippen LogP contribution >= 0.6 is 0 Å². The number of nitrogens with two attached hydrogens (primary N) is 1. The highest BCUT2D eigenvalue weighted by Gasteiger charge is 2.07. The van der Waals surface area contributed by atoms with Gasteiger partial charge in [0.25, 0.3) is 0 Å². The van der Waals surface area contributed by atoms with Gasteiger partial charge in [0.05, 0.1) is 16.8 Å². The number of anilines is 3. The van der Waals surface area contributed by atoms with Gasteiger partial charge in [-0.25, -0.2) is 0 Å². The van der Waals surface area contributed by atoms with E-state index in [2.05, 4.69) is 16.4 Å². The summed E-state index contributed by atoms with van der Waals surface area (Å²) in [5.74, 6) is 0. The number of rotatable bonds is 2. The third-order valence-corrected chi connectivity index (χ3v) is 3.28. The Morgan fingerprint density at radius 3 is 2.71 bits per heavy atom. The van der Waals surface area contributed by atoms with Crippen molar-refractivity contribution >= 4 is 28.0 Å². The normalized spacial score (nSPS) is 10.3. The molecule has 0 bridgehead atoms. The number of aryl methyl sites for hydroxylation is 1. The lowest BCUT2D eigenvalue weighted by atomic mass is 10.1. The van der Waals surface area contributed by atoms with Crippen LogP contribution in [0.25, 0.3) is 10.9 Å². The number of hydrogen-bond acceptors (Lipinski definition) is 4. The number of fused-ring (bicyclic) bond motifs is 1. The Labute approximate surface area is 122 Å². The molecule has 102 valence electrons. The van der Waals surface area contributed by atoms with Gasteiger partial charge in [0.2, 0.25) is 0 Å². The SMILES string of the molecule is Cc1cc(Nc2ccccc2C#N)c2cc(N)ccc2n1. The molecule has 4 heteroatoms. The summed E-state index contributed by atoms with van der Waals surface area (Å²) in [7, 11) is 0. The van der Waals surface area contributed by atoms with Gasteiger partial charge in [0.15, 0.2) is 0 Å². The van der Waals surface area contributed by atoms with Gasteiger partial charge in [-0.3, -0.25) is 4.98 Å². The van der Waals surface area contributed by atoms with Crippen molar-refractivity contribution in [2.75, 3.05) is 11.1 Å². The topological polar surface area (TPSA) is 74.7 Å². The summed E-state index contributed by atoms with van der Waals surface area (Å²) in [5, 5.41) is 13.4. The van der Waals surface area contributed by atoms with E-state index in [1.54, 1.807) is 6.07 Å². The molecule has 1 aromatic heterocycles. The molecule has 0 aliphatic rings. The van der Waals surface area contributed by atoms with Gasteiger partial charge >= 0.3 is 0 Å². The summed E-state index contributed by atoms with van der Waals surface area (Å²) in [6.07, 6.45) is 0. The molecule has 0 amide bonds. The fourth-order valence-corrected chi connectivity index (χ4v) is 2.31. The maximum absolute atomic E-state index is 9.19. The molecule has 0 atom stereocenters. The van der Waals surface area contributed by atoms with Gasteiger partial charge in [-0.2, -0.15) is 5.26 Å². The number of nitrogens with zero attached hydrogens (tertiary/aromatic N) is 2. The lowest BCUT2D eigenvalue weighted by Crippen LogP contribution is -1.97. The Morgan fingerprint density at radius 2 is 1.90 bits per heavy atom. The van der Waals surface area contributed by atoms with E-state index in [0.29, 0.717) is 11.3 Å². The highest BCUT2D eigenvalue weighted by molar-refractivity contribution is 5.95. The summed E-state index contributed by atoms with van der Waals surface area (Å²) in [6.45, 7) is 1.94. The number of para-hydroxylation sites is 1. The zero-order chi connectivity index (χ0) is 14.8. The Bertz CT molecular complexity index is 862. The van der Waals surface area contributed by atoms with Crippen LogP contribution in [0.5, 0.6) is 0 Å². The summed E-state index contributed by atoms with van der Waals surface area (Å²) in [6, 6.07) is 17.2. The highest BCUT2D eigenvalue weighted by Crippen LogP contribution is 2.29. The Morgan fingerprint density at radius 1 is 1.10 bits per heavy atom. The van der Waals surface area contributed by atoms with Gasteiger partial charge in [-0.05, 0) is 43.3 Å². The molecule has 2 aromatic carbocycles. The Kier molecular flexibility index (Phi) is 3.17. The quantitative estimate of drug-likeness (QED) is 0.698. The molecule has 3 N–H and O–H groups in total. The van der Waals surface area contributed by atoms with Crippen molar-refractivity contribution in [3.63, 3.8) is 0 Å². The molecule has 3 aromatic rings. The van der Waals surface area contributed by atoms with Gasteiger partial charge in [-0.15, -0.1) is 0 Å². The third-order valence-electron chi connectivity index (χ3n) is 3.28. The van der Waals surface area contributed by atoms with Crippen molar-refractivity contribution < 1.29 is 0 Å². The maximum atomic E-state index is 9.19. The summed E-state index contributed by atoms with van der Waals surface area (Å²) < 4.78 is 0. The van der Waals surface area contributed by atoms with Crippen molar-refractivity contribution in [1.29, 1.82) is 5.26 Å². The van der Waals surface area contributed by atoms with Crippen molar-refractivity contribution in [3.8, 4) is 6.07 Å². The standard InChI is InChI=1S/C17H14N4/c1-11-8-17(14-9-13(19)6-7-16(14)20-11)21-15-5-3-2-4-12(15)10-18/h2-9H,19H2,1H3,(H,20,21).